The van der Waals surface area contributed by atoms with Crippen LogP contribution in [0.3, 0.4) is 0 Å². The molecular formula is C17H21FIN3. The predicted octanol–water partition coefficient (Wildman–Crippen LogP) is 3.35. The van der Waals surface area contributed by atoms with Crippen molar-refractivity contribution in [1.82, 2.24) is 10.6 Å². The molecule has 0 atom stereocenters. The molecule has 2 rings (SSSR count). The van der Waals surface area contributed by atoms with E-state index in [1.807, 2.05) is 24.3 Å². The maximum Gasteiger partial charge on any atom is 0.191 e. The van der Waals surface area contributed by atoms with Crippen molar-refractivity contribution < 1.29 is 4.39 Å². The summed E-state index contributed by atoms with van der Waals surface area (Å²) in [5.74, 6) is 0.471. The van der Waals surface area contributed by atoms with Crippen LogP contribution in [0.1, 0.15) is 11.1 Å². The highest BCUT2D eigenvalue weighted by molar-refractivity contribution is 14.0. The zero-order chi connectivity index (χ0) is 14.9. The number of aliphatic imine (C=N–C) groups is 1. The molecule has 0 aliphatic rings. The molecule has 0 fully saturated rings. The van der Waals surface area contributed by atoms with Crippen LogP contribution in [0.15, 0.2) is 59.6 Å². The lowest BCUT2D eigenvalue weighted by atomic mass is 10.1. The summed E-state index contributed by atoms with van der Waals surface area (Å²) < 4.78 is 13.5. The minimum Gasteiger partial charge on any atom is -0.356 e. The molecule has 0 spiro atoms. The molecule has 5 heteroatoms. The molecule has 0 aliphatic heterocycles. The monoisotopic (exact) mass is 413 g/mol. The van der Waals surface area contributed by atoms with Crippen molar-refractivity contribution in [3.63, 3.8) is 0 Å². The molecule has 0 heterocycles. The molecule has 3 nitrogen and oxygen atoms in total. The van der Waals surface area contributed by atoms with E-state index in [-0.39, 0.29) is 29.8 Å². The fourth-order valence-electron chi connectivity index (χ4n) is 2.01. The Kier molecular flexibility index (Phi) is 8.50. The minimum absolute atomic E-state index is 0. The third-order valence-corrected chi connectivity index (χ3v) is 3.18. The molecule has 0 aromatic heterocycles. The number of benzene rings is 2. The highest BCUT2D eigenvalue weighted by Crippen LogP contribution is 2.05. The molecule has 22 heavy (non-hydrogen) atoms. The molecule has 118 valence electrons. The van der Waals surface area contributed by atoms with Gasteiger partial charge in [0.1, 0.15) is 5.82 Å². The van der Waals surface area contributed by atoms with Gasteiger partial charge in [-0.3, -0.25) is 4.99 Å². The van der Waals surface area contributed by atoms with Gasteiger partial charge in [0.15, 0.2) is 5.96 Å². The van der Waals surface area contributed by atoms with Crippen molar-refractivity contribution in [2.75, 3.05) is 13.6 Å². The summed E-state index contributed by atoms with van der Waals surface area (Å²) in [5, 5.41) is 6.34. The molecule has 2 aromatic rings. The van der Waals surface area contributed by atoms with Gasteiger partial charge in [0.05, 0.1) is 0 Å². The molecule has 2 aromatic carbocycles. The van der Waals surface area contributed by atoms with Crippen LogP contribution in [-0.4, -0.2) is 19.6 Å². The molecule has 0 radical (unpaired) electrons. The van der Waals surface area contributed by atoms with Crippen molar-refractivity contribution in [1.29, 1.82) is 0 Å². The van der Waals surface area contributed by atoms with Gasteiger partial charge in [-0.15, -0.1) is 24.0 Å². The van der Waals surface area contributed by atoms with E-state index < -0.39 is 0 Å². The van der Waals surface area contributed by atoms with Gasteiger partial charge in [-0.1, -0.05) is 48.5 Å². The SMILES string of the molecule is CN=C(NCCc1ccccc1)NCc1ccccc1F.I. The zero-order valence-electron chi connectivity index (χ0n) is 12.6. The average Bonchev–Trinajstić information content (AvgIpc) is 2.53. The van der Waals surface area contributed by atoms with Gasteiger partial charge in [0.25, 0.3) is 0 Å². The van der Waals surface area contributed by atoms with Crippen LogP contribution >= 0.6 is 24.0 Å². The molecular weight excluding hydrogens is 392 g/mol. The highest BCUT2D eigenvalue weighted by atomic mass is 127. The first-order valence-electron chi connectivity index (χ1n) is 7.01. The lowest BCUT2D eigenvalue weighted by Gasteiger charge is -2.12. The average molecular weight is 413 g/mol. The van der Waals surface area contributed by atoms with Gasteiger partial charge < -0.3 is 10.6 Å². The summed E-state index contributed by atoms with van der Waals surface area (Å²) in [4.78, 5) is 4.14. The van der Waals surface area contributed by atoms with Crippen LogP contribution in [0.2, 0.25) is 0 Å². The summed E-state index contributed by atoms with van der Waals surface area (Å²) in [7, 11) is 1.71. The Bertz CT molecular complexity index is 587. The van der Waals surface area contributed by atoms with E-state index in [1.165, 1.54) is 11.6 Å². The molecule has 0 aliphatic carbocycles. The van der Waals surface area contributed by atoms with Gasteiger partial charge in [0, 0.05) is 25.7 Å². The Morgan fingerprint density at radius 3 is 2.36 bits per heavy atom. The third kappa shape index (κ3) is 6.01. The van der Waals surface area contributed by atoms with Crippen molar-refractivity contribution in [2.45, 2.75) is 13.0 Å². The molecule has 0 unspecified atom stereocenters. The van der Waals surface area contributed by atoms with E-state index in [2.05, 4.69) is 27.8 Å². The van der Waals surface area contributed by atoms with Gasteiger partial charge in [-0.2, -0.15) is 0 Å². The number of halogens is 2. The van der Waals surface area contributed by atoms with Crippen molar-refractivity contribution in [2.24, 2.45) is 4.99 Å². The van der Waals surface area contributed by atoms with Gasteiger partial charge in [-0.05, 0) is 18.1 Å². The number of nitrogens with one attached hydrogen (secondary N) is 2. The smallest absolute Gasteiger partial charge is 0.191 e. The van der Waals surface area contributed by atoms with E-state index in [4.69, 9.17) is 0 Å². The number of guanidine groups is 1. The quantitative estimate of drug-likeness (QED) is 0.448. The standard InChI is InChI=1S/C17H20FN3.HI/c1-19-17(20-12-11-14-7-3-2-4-8-14)21-13-15-9-5-6-10-16(15)18;/h2-10H,11-13H2,1H3,(H2,19,20,21);1H. The maximum absolute atomic E-state index is 13.5. The first-order chi connectivity index (χ1) is 10.3. The molecule has 0 bridgehead atoms. The van der Waals surface area contributed by atoms with Crippen molar-refractivity contribution >= 4 is 29.9 Å². The van der Waals surface area contributed by atoms with Crippen molar-refractivity contribution in [3.05, 3.63) is 71.5 Å². The highest BCUT2D eigenvalue weighted by Gasteiger charge is 2.02. The molecule has 2 N–H and O–H groups in total. The fraction of sp³-hybridized carbons (Fsp3) is 0.235. The van der Waals surface area contributed by atoms with E-state index in [0.717, 1.165) is 13.0 Å². The van der Waals surface area contributed by atoms with E-state index in [0.29, 0.717) is 18.1 Å². The Labute approximate surface area is 148 Å². The van der Waals surface area contributed by atoms with Gasteiger partial charge in [0.2, 0.25) is 0 Å². The third-order valence-electron chi connectivity index (χ3n) is 3.18. The predicted molar refractivity (Wildman–Crippen MR) is 100 cm³/mol. The largest absolute Gasteiger partial charge is 0.356 e. The zero-order valence-corrected chi connectivity index (χ0v) is 14.9. The Balaban J connectivity index is 0.00000242. The summed E-state index contributed by atoms with van der Waals surface area (Å²) >= 11 is 0. The lowest BCUT2D eigenvalue weighted by Crippen LogP contribution is -2.38. The second-order valence-electron chi connectivity index (χ2n) is 4.68. The minimum atomic E-state index is -0.204. The number of hydrogen-bond acceptors (Lipinski definition) is 1. The summed E-state index contributed by atoms with van der Waals surface area (Å²) in [6, 6.07) is 17.0. The lowest BCUT2D eigenvalue weighted by molar-refractivity contribution is 0.604. The molecule has 0 saturated heterocycles. The second kappa shape index (κ2) is 10.2. The molecule has 0 saturated carbocycles. The normalized spacial score (nSPS) is 10.7. The van der Waals surface area contributed by atoms with Crippen LogP contribution in [0, 0.1) is 5.82 Å². The Morgan fingerprint density at radius 1 is 1.00 bits per heavy atom. The molecule has 0 amide bonds. The number of nitrogens with zero attached hydrogens (tertiary/aromatic N) is 1. The van der Waals surface area contributed by atoms with Crippen LogP contribution in [0.4, 0.5) is 4.39 Å². The second-order valence-corrected chi connectivity index (χ2v) is 4.68. The van der Waals surface area contributed by atoms with Gasteiger partial charge in [-0.25, -0.2) is 4.39 Å². The van der Waals surface area contributed by atoms with Crippen LogP contribution in [0.25, 0.3) is 0 Å². The number of rotatable bonds is 5. The number of hydrogen-bond donors (Lipinski definition) is 2. The first kappa shape index (κ1) is 18.4. The summed E-state index contributed by atoms with van der Waals surface area (Å²) in [6.45, 7) is 1.19. The first-order valence-corrected chi connectivity index (χ1v) is 7.01. The fourth-order valence-corrected chi connectivity index (χ4v) is 2.01. The Hall–Kier alpha value is -1.63. The maximum atomic E-state index is 13.5. The van der Waals surface area contributed by atoms with E-state index in [9.17, 15) is 4.39 Å². The van der Waals surface area contributed by atoms with Crippen LogP contribution in [-0.2, 0) is 13.0 Å². The van der Waals surface area contributed by atoms with E-state index in [1.54, 1.807) is 19.2 Å². The summed E-state index contributed by atoms with van der Waals surface area (Å²) in [6.07, 6.45) is 0.918. The van der Waals surface area contributed by atoms with Crippen molar-refractivity contribution in [3.8, 4) is 0 Å². The topological polar surface area (TPSA) is 36.4 Å². The van der Waals surface area contributed by atoms with Crippen LogP contribution < -0.4 is 10.6 Å². The van der Waals surface area contributed by atoms with Crippen LogP contribution in [0.5, 0.6) is 0 Å². The Morgan fingerprint density at radius 2 is 1.68 bits per heavy atom. The van der Waals surface area contributed by atoms with Gasteiger partial charge >= 0.3 is 0 Å². The van der Waals surface area contributed by atoms with E-state index >= 15 is 0 Å². The summed E-state index contributed by atoms with van der Waals surface area (Å²) in [5.41, 5.74) is 1.90.